The monoisotopic (exact) mass is 574 g/mol. The second-order valence-electron chi connectivity index (χ2n) is 13.1. The van der Waals surface area contributed by atoms with Crippen LogP contribution in [-0.2, 0) is 9.63 Å². The fourth-order valence-electron chi connectivity index (χ4n) is 8.29. The molecule has 4 saturated heterocycles. The van der Waals surface area contributed by atoms with Gasteiger partial charge in [0.1, 0.15) is 6.17 Å². The summed E-state index contributed by atoms with van der Waals surface area (Å²) in [7, 11) is 0. The molecule has 0 radical (unpaired) electrons. The third kappa shape index (κ3) is 5.36. The van der Waals surface area contributed by atoms with Crippen molar-refractivity contribution in [1.29, 1.82) is 0 Å². The van der Waals surface area contributed by atoms with Crippen molar-refractivity contribution in [3.8, 4) is 0 Å². The first kappa shape index (κ1) is 28.8. The molecule has 4 bridgehead atoms. The van der Waals surface area contributed by atoms with Gasteiger partial charge < -0.3 is 25.3 Å². The van der Waals surface area contributed by atoms with Crippen LogP contribution in [0, 0.1) is 17.8 Å². The molecular formula is C29H47FN8O3. The zero-order valence-corrected chi connectivity index (χ0v) is 24.6. The van der Waals surface area contributed by atoms with E-state index in [1.807, 2.05) is 4.90 Å². The zero-order valence-electron chi connectivity index (χ0n) is 24.6. The minimum atomic E-state index is -1.18. The van der Waals surface area contributed by atoms with Gasteiger partial charge in [0.2, 0.25) is 11.8 Å². The van der Waals surface area contributed by atoms with Crippen LogP contribution in [0.25, 0.3) is 0 Å². The van der Waals surface area contributed by atoms with E-state index in [1.165, 1.54) is 6.08 Å². The SMILES string of the molecule is C=CC(=O)N1CCN(C2NC(=O)N3C4NC(C(F)CC42)C2N=C(CCCCC4CCNC(C(C)C)C43)ON2)[C@@H](C)C1. The Hall–Kier alpha value is -2.28. The van der Waals surface area contributed by atoms with E-state index >= 15 is 4.39 Å². The standard InChI is InChI=1S/C29H47FN8O3/c1-5-22(39)36-12-13-37(17(4)15-36)27-19-14-20(30)24-26-32-21(41-35-26)9-7-6-8-18-10-11-31-23(16(2)3)25(18)38(28(19)33-24)29(40)34-27/h5,16-20,23-28,31,33,35H,1,6-15H2,2-4H3,(H,34,40)/t17-,18?,19?,20?,23?,24?,25?,26?,27?,28?/m0/s1. The van der Waals surface area contributed by atoms with Crippen molar-refractivity contribution < 1.29 is 18.8 Å². The normalized spacial score (nSPS) is 41.7. The summed E-state index contributed by atoms with van der Waals surface area (Å²) in [6.45, 7) is 12.8. The summed E-state index contributed by atoms with van der Waals surface area (Å²) >= 11 is 0. The molecule has 0 aromatic heterocycles. The number of alkyl halides is 1. The highest BCUT2D eigenvalue weighted by Gasteiger charge is 2.56. The van der Waals surface area contributed by atoms with Crippen LogP contribution in [0.1, 0.15) is 59.3 Å². The first-order valence-corrected chi connectivity index (χ1v) is 15.6. The maximum absolute atomic E-state index is 16.1. The molecule has 3 amide bonds. The van der Waals surface area contributed by atoms with Crippen LogP contribution in [-0.4, -0.2) is 108 Å². The Balaban J connectivity index is 1.36. The minimum Gasteiger partial charge on any atom is -0.391 e. The summed E-state index contributed by atoms with van der Waals surface area (Å²) in [6.07, 6.45) is 3.96. The first-order valence-electron chi connectivity index (χ1n) is 15.6. The minimum absolute atomic E-state index is 0.000363. The van der Waals surface area contributed by atoms with Crippen LogP contribution in [0.15, 0.2) is 17.6 Å². The highest BCUT2D eigenvalue weighted by molar-refractivity contribution is 5.87. The van der Waals surface area contributed by atoms with Gasteiger partial charge in [0.05, 0.1) is 24.4 Å². The van der Waals surface area contributed by atoms with E-state index in [0.29, 0.717) is 43.8 Å². The van der Waals surface area contributed by atoms with Gasteiger partial charge in [0.15, 0.2) is 6.17 Å². The number of nitrogens with one attached hydrogen (secondary N) is 4. The third-order valence-corrected chi connectivity index (χ3v) is 10.3. The topological polar surface area (TPSA) is 114 Å². The number of carbonyl (C=O) groups excluding carboxylic acids is 2. The molecule has 12 heteroatoms. The van der Waals surface area contributed by atoms with E-state index in [0.717, 1.165) is 38.6 Å². The Morgan fingerprint density at radius 1 is 1.22 bits per heavy atom. The lowest BCUT2D eigenvalue weighted by Crippen LogP contribution is -2.80. The van der Waals surface area contributed by atoms with E-state index in [1.54, 1.807) is 4.90 Å². The Morgan fingerprint density at radius 3 is 2.80 bits per heavy atom. The molecule has 228 valence electrons. The average molecular weight is 575 g/mol. The zero-order chi connectivity index (χ0) is 28.8. The van der Waals surface area contributed by atoms with Gasteiger partial charge in [-0.05, 0) is 57.1 Å². The Morgan fingerprint density at radius 2 is 2.05 bits per heavy atom. The number of piperazine rings is 1. The molecule has 41 heavy (non-hydrogen) atoms. The molecule has 6 aliphatic rings. The molecule has 0 aliphatic carbocycles. The van der Waals surface area contributed by atoms with Crippen molar-refractivity contribution in [3.63, 3.8) is 0 Å². The summed E-state index contributed by atoms with van der Waals surface area (Å²) in [5.41, 5.74) is 2.97. The van der Waals surface area contributed by atoms with Crippen LogP contribution in [0.5, 0.6) is 0 Å². The number of piperidine rings is 2. The number of hydroxylamine groups is 1. The maximum atomic E-state index is 16.1. The molecule has 0 spiro atoms. The van der Waals surface area contributed by atoms with E-state index in [4.69, 9.17) is 9.83 Å². The van der Waals surface area contributed by atoms with Crippen molar-refractivity contribution >= 4 is 17.8 Å². The molecule has 9 unspecified atom stereocenters. The molecule has 4 fully saturated rings. The summed E-state index contributed by atoms with van der Waals surface area (Å²) in [5.74, 6) is 1.06. The number of carbonyl (C=O) groups is 2. The lowest BCUT2D eigenvalue weighted by atomic mass is 9.76. The van der Waals surface area contributed by atoms with Gasteiger partial charge in [0, 0.05) is 44.1 Å². The number of hydrogen-bond acceptors (Lipinski definition) is 8. The predicted molar refractivity (Wildman–Crippen MR) is 153 cm³/mol. The molecule has 0 aromatic rings. The number of halogens is 1. The quantitative estimate of drug-likeness (QED) is 0.378. The van der Waals surface area contributed by atoms with E-state index in [2.05, 4.69) is 53.7 Å². The predicted octanol–water partition coefficient (Wildman–Crippen LogP) is 1.53. The number of aliphatic imine (C=N–C) groups is 1. The number of nitrogens with zero attached hydrogens (tertiary/aromatic N) is 4. The highest BCUT2D eigenvalue weighted by atomic mass is 19.1. The average Bonchev–Trinajstić information content (AvgIpc) is 3.43. The molecule has 0 saturated carbocycles. The molecule has 6 heterocycles. The van der Waals surface area contributed by atoms with Crippen LogP contribution in [0.2, 0.25) is 0 Å². The Labute approximate surface area is 242 Å². The van der Waals surface area contributed by atoms with Gasteiger partial charge in [-0.2, -0.15) is 0 Å². The van der Waals surface area contributed by atoms with Crippen molar-refractivity contribution in [2.75, 3.05) is 26.2 Å². The first-order chi connectivity index (χ1) is 19.8. The largest absolute Gasteiger partial charge is 0.391 e. The molecule has 0 aromatic carbocycles. The Kier molecular flexibility index (Phi) is 8.28. The van der Waals surface area contributed by atoms with Gasteiger partial charge in [-0.25, -0.2) is 14.2 Å². The molecule has 6 aliphatic heterocycles. The molecule has 10 atom stereocenters. The molecule has 11 nitrogen and oxygen atoms in total. The maximum Gasteiger partial charge on any atom is 0.320 e. The number of rotatable bonds is 3. The van der Waals surface area contributed by atoms with Crippen LogP contribution < -0.4 is 21.4 Å². The van der Waals surface area contributed by atoms with E-state index in [-0.39, 0.29) is 48.3 Å². The van der Waals surface area contributed by atoms with Crippen molar-refractivity contribution in [1.82, 2.24) is 36.1 Å². The van der Waals surface area contributed by atoms with Crippen molar-refractivity contribution in [2.24, 2.45) is 22.7 Å². The van der Waals surface area contributed by atoms with E-state index < -0.39 is 18.4 Å². The highest BCUT2D eigenvalue weighted by Crippen LogP contribution is 2.40. The van der Waals surface area contributed by atoms with E-state index in [9.17, 15) is 9.59 Å². The van der Waals surface area contributed by atoms with Gasteiger partial charge in [-0.3, -0.25) is 15.0 Å². The van der Waals surface area contributed by atoms with Crippen LogP contribution in [0.3, 0.4) is 0 Å². The third-order valence-electron chi connectivity index (χ3n) is 10.3. The number of fused-ring (bicyclic) bond motifs is 5. The fourth-order valence-corrected chi connectivity index (χ4v) is 8.29. The van der Waals surface area contributed by atoms with Crippen LogP contribution in [0.4, 0.5) is 9.18 Å². The van der Waals surface area contributed by atoms with Gasteiger partial charge in [-0.15, -0.1) is 5.48 Å². The summed E-state index contributed by atoms with van der Waals surface area (Å²) < 4.78 is 16.1. The smallest absolute Gasteiger partial charge is 0.320 e. The number of hydrogen-bond donors (Lipinski definition) is 4. The summed E-state index contributed by atoms with van der Waals surface area (Å²) in [6, 6.07) is -0.576. The van der Waals surface area contributed by atoms with Gasteiger partial charge in [-0.1, -0.05) is 26.8 Å². The fraction of sp³-hybridized carbons (Fsp3) is 0.828. The molecular weight excluding hydrogens is 527 g/mol. The summed E-state index contributed by atoms with van der Waals surface area (Å²) in [4.78, 5) is 43.1. The Bertz CT molecular complexity index is 1040. The second kappa shape index (κ2) is 11.8. The van der Waals surface area contributed by atoms with Crippen molar-refractivity contribution in [3.05, 3.63) is 12.7 Å². The number of urea groups is 1. The van der Waals surface area contributed by atoms with Gasteiger partial charge >= 0.3 is 6.03 Å². The second-order valence-corrected chi connectivity index (χ2v) is 13.1. The summed E-state index contributed by atoms with van der Waals surface area (Å²) in [5, 5.41) is 10.7. The van der Waals surface area contributed by atoms with Crippen molar-refractivity contribution in [2.45, 2.75) is 108 Å². The van der Waals surface area contributed by atoms with Crippen LogP contribution >= 0.6 is 0 Å². The van der Waals surface area contributed by atoms with Gasteiger partial charge in [0.25, 0.3) is 0 Å². The number of amides is 3. The lowest BCUT2D eigenvalue weighted by molar-refractivity contribution is -0.132. The lowest BCUT2D eigenvalue weighted by Gasteiger charge is -2.59. The molecule has 6 rings (SSSR count). The molecule has 4 N–H and O–H groups in total.